The monoisotopic (exact) mass is 1850 g/mol. The smallest absolute Gasteiger partial charge is 0.303 e. The van der Waals surface area contributed by atoms with Gasteiger partial charge in [0.15, 0.2) is 0 Å². The SMILES string of the molecule is C=C1NC(=O)[C@@H]([C@H](C)S/C=C/NC(=O)[C@@](C)(N)[C@H](C)CC)NC(=O)[C@H](CC(C)C)NC(=O)CC[C@@](C)(CNC(=O)[C@H]2CSC[C@H](NC(=O)[C@H](Cc3ccccc3)NC(=O)[C@@H]3NC(=O)[C@@H](C)CS[C@H]3C)C(=O)N[C@@H](CC(C)C)C(=O)N3CCC[C@H]3C(=O)NCC(=O)NCC(=O)NCC(=O)NCC(=O)N[C@@H](C(C)C)C(=O)N2)SC[C@@H](C=O)NC(=O)[C@H](CCC(=O)O)NC1=O. The van der Waals surface area contributed by atoms with Crippen molar-refractivity contribution in [2.24, 2.45) is 35.3 Å². The standard InChI is InChI=1S/C83H127N19O21S4/c1-15-47(9)83(14,84)81(123)85-27-29-125-49(11)67-78(120)91-48(10)70(112)94-53(23-24-65(109)110)72(114)92-52(37-103)39-127-82(13,26-25-60(104)93-54(30-43(2)3)74(116)101-67)42-90-71(113)57-40-124-41-58(97-73(115)55(32-51-20-17-16-18-21-51)95-79(121)68-50(12)126-38-46(8)69(111)100-68)75(117)96-56(31-44(4)5)80(122)102-28-19-22-59(102)76(118)89-35-63(107)87-33-61(105)86-34-62(106)88-36-64(108)99-66(45(6)7)77(119)98-57/h16-18,20-21,27,29,37,43-47,49-50,52-59,66-68H,10,15,19,22-26,28,30-36,38-42,84H2,1-9,11-14H3,(H,85,123)(H,86,105)(H,87,107)(H,88,106)(H,89,118)(H,90,113)(H,91,120)(H,92,114)(H,93,104)(H,94,112)(H,95,121)(H,96,117)(H,97,115)(H,98,119)(H,99,108)(H,100,111)(H,101,116)(H,109,110)/b29-27+/t46-,47+,49-,50-,52+,53-,54-,55-,56-,57+,58-,59-,66-,67+,68+,82-,83-/m0/s1. The molecule has 20 N–H and O–H groups in total. The molecule has 4 aliphatic rings. The van der Waals surface area contributed by atoms with E-state index < -0.39 is 281 Å². The number of fused-ring (bicyclic) bond motifs is 1. The second-order valence-electron chi connectivity index (χ2n) is 33.7. The van der Waals surface area contributed by atoms with Crippen molar-refractivity contribution in [3.8, 4) is 0 Å². The maximum Gasteiger partial charge on any atom is 0.303 e. The third-order valence-corrected chi connectivity index (χ3v) is 26.8. The molecule has 4 heterocycles. The Balaban J connectivity index is 1.64. The zero-order valence-corrected chi connectivity index (χ0v) is 77.4. The Labute approximate surface area is 756 Å². The van der Waals surface area contributed by atoms with Crippen LogP contribution in [0.15, 0.2) is 54.2 Å². The second kappa shape index (κ2) is 52.2. The van der Waals surface area contributed by atoms with Gasteiger partial charge in [0.1, 0.15) is 66.7 Å². The molecule has 0 radical (unpaired) electrons. The number of amides is 18. The van der Waals surface area contributed by atoms with Crippen molar-refractivity contribution in [2.75, 3.05) is 62.3 Å². The summed E-state index contributed by atoms with van der Waals surface area (Å²) in [6, 6.07) is -7.71. The molecule has 4 fully saturated rings. The zero-order chi connectivity index (χ0) is 94.7. The summed E-state index contributed by atoms with van der Waals surface area (Å²) in [6.45, 7) is 22.4. The van der Waals surface area contributed by atoms with Crippen LogP contribution in [0.4, 0.5) is 0 Å². The fraction of sp³-hybridized carbons (Fsp3) is 0.639. The molecule has 1 aromatic carbocycles. The van der Waals surface area contributed by atoms with Crippen LogP contribution in [0.2, 0.25) is 0 Å². The second-order valence-corrected chi connectivity index (χ2v) is 39.0. The van der Waals surface area contributed by atoms with Gasteiger partial charge in [0.2, 0.25) is 100 Å². The van der Waals surface area contributed by atoms with Crippen LogP contribution in [-0.2, 0) is 102 Å². The largest absolute Gasteiger partial charge is 0.481 e. The number of carboxylic acid groups (broad SMARTS) is 1. The summed E-state index contributed by atoms with van der Waals surface area (Å²) in [5.74, 6) is -19.9. The fourth-order valence-electron chi connectivity index (χ4n) is 13.4. The number of nitrogens with zero attached hydrogens (tertiary/aromatic N) is 1. The molecule has 4 aliphatic heterocycles. The fourth-order valence-corrected chi connectivity index (χ4v) is 17.5. The highest BCUT2D eigenvalue weighted by Crippen LogP contribution is 2.32. The number of hydrogen-bond donors (Lipinski definition) is 19. The lowest BCUT2D eigenvalue weighted by Gasteiger charge is -2.32. The third-order valence-electron chi connectivity index (χ3n) is 21.6. The van der Waals surface area contributed by atoms with E-state index in [2.05, 4.69) is 97.0 Å². The van der Waals surface area contributed by atoms with Gasteiger partial charge in [0.25, 0.3) is 5.91 Å². The summed E-state index contributed by atoms with van der Waals surface area (Å²) in [6.07, 6.45) is 0.487. The Kier molecular flexibility index (Phi) is 44.1. The van der Waals surface area contributed by atoms with E-state index in [1.165, 1.54) is 35.2 Å². The van der Waals surface area contributed by atoms with E-state index in [0.717, 1.165) is 35.3 Å². The van der Waals surface area contributed by atoms with Crippen LogP contribution in [0, 0.1) is 29.6 Å². The highest BCUT2D eigenvalue weighted by atomic mass is 32.2. The van der Waals surface area contributed by atoms with Gasteiger partial charge in [-0.05, 0) is 87.0 Å². The normalized spacial score (nSPS) is 26.7. The molecule has 17 atom stereocenters. The number of hydrogen-bond acceptors (Lipinski definition) is 25. The van der Waals surface area contributed by atoms with Crippen LogP contribution >= 0.6 is 47.0 Å². The summed E-state index contributed by atoms with van der Waals surface area (Å²) in [5.41, 5.74) is 4.96. The average Bonchev–Trinajstić information content (AvgIpc) is 1.73. The van der Waals surface area contributed by atoms with Crippen molar-refractivity contribution in [2.45, 2.75) is 241 Å². The summed E-state index contributed by atoms with van der Waals surface area (Å²) < 4.78 is -1.43. The van der Waals surface area contributed by atoms with Crippen LogP contribution in [0.25, 0.3) is 0 Å². The zero-order valence-electron chi connectivity index (χ0n) is 74.1. The van der Waals surface area contributed by atoms with Crippen molar-refractivity contribution in [3.63, 3.8) is 0 Å². The van der Waals surface area contributed by atoms with Gasteiger partial charge in [-0.3, -0.25) is 91.1 Å². The predicted octanol–water partition coefficient (Wildman–Crippen LogP) is -2.63. The highest BCUT2D eigenvalue weighted by molar-refractivity contribution is 8.02. The number of nitrogens with one attached hydrogen (secondary N) is 17. The van der Waals surface area contributed by atoms with E-state index in [4.69, 9.17) is 5.73 Å². The average molecular weight is 1860 g/mol. The van der Waals surface area contributed by atoms with Gasteiger partial charge in [-0.2, -0.15) is 35.3 Å². The van der Waals surface area contributed by atoms with Crippen molar-refractivity contribution in [1.29, 1.82) is 0 Å². The number of aliphatic carboxylic acids is 1. The molecule has 40 nitrogen and oxygen atoms in total. The molecule has 127 heavy (non-hydrogen) atoms. The first kappa shape index (κ1) is 107. The number of nitrogens with two attached hydrogens (primary N) is 1. The number of thioether (sulfide) groups is 4. The Morgan fingerprint density at radius 1 is 0.685 bits per heavy atom. The first-order valence-corrected chi connectivity index (χ1v) is 46.5. The topological polar surface area (TPSA) is 595 Å². The van der Waals surface area contributed by atoms with E-state index >= 15 is 19.2 Å². The molecule has 18 amide bonds. The summed E-state index contributed by atoms with van der Waals surface area (Å²) in [4.78, 5) is 282. The van der Waals surface area contributed by atoms with E-state index in [1.807, 2.05) is 13.8 Å². The van der Waals surface area contributed by atoms with E-state index in [-0.39, 0.29) is 62.2 Å². The molecule has 44 heteroatoms. The van der Waals surface area contributed by atoms with Crippen molar-refractivity contribution in [1.82, 2.24) is 95.3 Å². The van der Waals surface area contributed by atoms with Gasteiger partial charge < -0.3 is 111 Å². The minimum Gasteiger partial charge on any atom is -0.481 e. The van der Waals surface area contributed by atoms with Crippen molar-refractivity contribution >= 4 is 166 Å². The van der Waals surface area contributed by atoms with Gasteiger partial charge >= 0.3 is 5.97 Å². The number of carbonyl (C=O) groups is 20. The number of rotatable bonds is 25. The number of carbonyl (C=O) groups excluding carboxylic acids is 19. The molecule has 704 valence electrons. The molecule has 0 spiro atoms. The highest BCUT2D eigenvalue weighted by Gasteiger charge is 2.43. The Hall–Kier alpha value is -10.3. The van der Waals surface area contributed by atoms with Crippen LogP contribution in [-0.4, -0.2) is 278 Å². The van der Waals surface area contributed by atoms with Gasteiger partial charge in [0, 0.05) is 82.7 Å². The molecule has 0 aliphatic carbocycles. The van der Waals surface area contributed by atoms with Crippen molar-refractivity contribution < 1.29 is 101 Å². The third kappa shape index (κ3) is 35.7. The number of aldehydes is 1. The summed E-state index contributed by atoms with van der Waals surface area (Å²) in [5, 5.41) is 53.7. The predicted molar refractivity (Wildman–Crippen MR) is 478 cm³/mol. The molecule has 1 aromatic rings. The van der Waals surface area contributed by atoms with Crippen LogP contribution in [0.1, 0.15) is 153 Å². The van der Waals surface area contributed by atoms with Crippen molar-refractivity contribution in [3.05, 3.63) is 59.8 Å². The Morgan fingerprint density at radius 2 is 1.31 bits per heavy atom. The minimum atomic E-state index is -1.72. The molecule has 0 saturated carbocycles. The Morgan fingerprint density at radius 3 is 1.92 bits per heavy atom. The van der Waals surface area contributed by atoms with E-state index in [0.29, 0.717) is 30.4 Å². The maximum absolute atomic E-state index is 15.5. The quantitative estimate of drug-likeness (QED) is 0.0352. The number of carboxylic acids is 1. The first-order valence-electron chi connectivity index (χ1n) is 42.4. The summed E-state index contributed by atoms with van der Waals surface area (Å²) in [7, 11) is 0. The van der Waals surface area contributed by atoms with E-state index in [1.54, 1.807) is 99.6 Å². The molecular formula is C83H127N19O21S4. The van der Waals surface area contributed by atoms with Gasteiger partial charge in [-0.1, -0.05) is 119 Å². The molecule has 4 saturated heterocycles. The number of benzene rings is 1. The molecule has 0 aromatic heterocycles. The molecule has 0 bridgehead atoms. The lowest BCUT2D eigenvalue weighted by Crippen LogP contribution is -2.61. The maximum atomic E-state index is 15.5. The molecule has 5 rings (SSSR count). The van der Waals surface area contributed by atoms with Gasteiger partial charge in [0.05, 0.1) is 43.5 Å². The van der Waals surface area contributed by atoms with Crippen LogP contribution in [0.5, 0.6) is 0 Å². The van der Waals surface area contributed by atoms with Gasteiger partial charge in [-0.25, -0.2) is 0 Å². The lowest BCUT2D eigenvalue weighted by molar-refractivity contribution is -0.142. The lowest BCUT2D eigenvalue weighted by atomic mass is 9.85. The minimum absolute atomic E-state index is 0.0131. The van der Waals surface area contributed by atoms with Gasteiger partial charge in [-0.15, -0.1) is 11.8 Å². The molecular weight excluding hydrogens is 1730 g/mol. The molecule has 0 unspecified atom stereocenters. The van der Waals surface area contributed by atoms with Crippen LogP contribution < -0.4 is 96.1 Å². The van der Waals surface area contributed by atoms with Crippen LogP contribution in [0.3, 0.4) is 0 Å². The van der Waals surface area contributed by atoms with E-state index in [9.17, 15) is 81.8 Å². The first-order chi connectivity index (χ1) is 59.8. The Bertz CT molecular complexity index is 4160. The summed E-state index contributed by atoms with van der Waals surface area (Å²) >= 11 is 4.07.